The van der Waals surface area contributed by atoms with Gasteiger partial charge in [0, 0.05) is 23.6 Å². The quantitative estimate of drug-likeness (QED) is 0.857. The standard InChI is InChI=1S/C16H16N2O3/c1-2-11-21-16(20)13-3-5-14(6-4-13)18-15(19)12-7-9-17-10-8-12/h3-10H,2,11H2,1H3,(H,18,19). The van der Waals surface area contributed by atoms with Crippen LogP contribution in [0.1, 0.15) is 34.1 Å². The molecule has 5 heteroatoms. The van der Waals surface area contributed by atoms with Crippen molar-refractivity contribution in [2.45, 2.75) is 13.3 Å². The molecule has 1 amide bonds. The van der Waals surface area contributed by atoms with Crippen LogP contribution in [0.3, 0.4) is 0 Å². The third kappa shape index (κ3) is 4.14. The Balaban J connectivity index is 1.99. The van der Waals surface area contributed by atoms with Crippen molar-refractivity contribution in [3.8, 4) is 0 Å². The van der Waals surface area contributed by atoms with Gasteiger partial charge < -0.3 is 10.1 Å². The SMILES string of the molecule is CCCOC(=O)c1ccc(NC(=O)c2ccncc2)cc1. The molecular formula is C16H16N2O3. The molecule has 0 fully saturated rings. The van der Waals surface area contributed by atoms with E-state index in [2.05, 4.69) is 10.3 Å². The average Bonchev–Trinajstić information content (AvgIpc) is 2.54. The van der Waals surface area contributed by atoms with Crippen LogP contribution in [0.25, 0.3) is 0 Å². The lowest BCUT2D eigenvalue weighted by molar-refractivity contribution is 0.0505. The largest absolute Gasteiger partial charge is 0.462 e. The molecule has 1 N–H and O–H groups in total. The first-order valence-corrected chi connectivity index (χ1v) is 6.69. The van der Waals surface area contributed by atoms with E-state index in [-0.39, 0.29) is 11.9 Å². The van der Waals surface area contributed by atoms with Crippen LogP contribution in [0.5, 0.6) is 0 Å². The highest BCUT2D eigenvalue weighted by atomic mass is 16.5. The Kier molecular flexibility index (Phi) is 5.04. The zero-order valence-corrected chi connectivity index (χ0v) is 11.7. The smallest absolute Gasteiger partial charge is 0.338 e. The Labute approximate surface area is 123 Å². The van der Waals surface area contributed by atoms with Crippen LogP contribution in [-0.2, 0) is 4.74 Å². The van der Waals surface area contributed by atoms with E-state index >= 15 is 0 Å². The number of anilines is 1. The van der Waals surface area contributed by atoms with Crippen molar-refractivity contribution in [1.29, 1.82) is 0 Å². The zero-order chi connectivity index (χ0) is 15.1. The first-order chi connectivity index (χ1) is 10.2. The fraction of sp³-hybridized carbons (Fsp3) is 0.188. The monoisotopic (exact) mass is 284 g/mol. The van der Waals surface area contributed by atoms with Gasteiger partial charge in [-0.05, 0) is 42.8 Å². The van der Waals surface area contributed by atoms with Gasteiger partial charge in [-0.25, -0.2) is 4.79 Å². The summed E-state index contributed by atoms with van der Waals surface area (Å²) in [7, 11) is 0. The van der Waals surface area contributed by atoms with Crippen molar-refractivity contribution in [1.82, 2.24) is 4.98 Å². The molecule has 2 rings (SSSR count). The van der Waals surface area contributed by atoms with E-state index < -0.39 is 0 Å². The Morgan fingerprint density at radius 1 is 1.05 bits per heavy atom. The molecule has 0 aliphatic carbocycles. The van der Waals surface area contributed by atoms with Gasteiger partial charge in [-0.2, -0.15) is 0 Å². The number of rotatable bonds is 5. The van der Waals surface area contributed by atoms with Gasteiger partial charge in [0.2, 0.25) is 0 Å². The molecule has 0 unspecified atom stereocenters. The van der Waals surface area contributed by atoms with E-state index in [1.165, 1.54) is 0 Å². The highest BCUT2D eigenvalue weighted by Gasteiger charge is 2.08. The summed E-state index contributed by atoms with van der Waals surface area (Å²) < 4.78 is 5.03. The molecule has 0 bridgehead atoms. The molecule has 5 nitrogen and oxygen atoms in total. The van der Waals surface area contributed by atoms with E-state index in [0.717, 1.165) is 6.42 Å². The lowest BCUT2D eigenvalue weighted by Gasteiger charge is -2.06. The van der Waals surface area contributed by atoms with Gasteiger partial charge in [-0.1, -0.05) is 6.92 Å². The molecule has 1 aromatic carbocycles. The molecule has 0 saturated carbocycles. The molecule has 108 valence electrons. The second-order valence-corrected chi connectivity index (χ2v) is 4.40. The summed E-state index contributed by atoms with van der Waals surface area (Å²) in [6.07, 6.45) is 3.90. The van der Waals surface area contributed by atoms with Crippen molar-refractivity contribution in [3.63, 3.8) is 0 Å². The van der Waals surface area contributed by atoms with Gasteiger partial charge in [0.05, 0.1) is 12.2 Å². The summed E-state index contributed by atoms with van der Waals surface area (Å²) >= 11 is 0. The van der Waals surface area contributed by atoms with E-state index in [9.17, 15) is 9.59 Å². The molecule has 0 aliphatic heterocycles. The third-order valence-corrected chi connectivity index (χ3v) is 2.76. The number of carbonyl (C=O) groups is 2. The van der Waals surface area contributed by atoms with Crippen LogP contribution < -0.4 is 5.32 Å². The number of nitrogens with one attached hydrogen (secondary N) is 1. The minimum atomic E-state index is -0.358. The lowest BCUT2D eigenvalue weighted by Crippen LogP contribution is -2.12. The number of nitrogens with zero attached hydrogens (tertiary/aromatic N) is 1. The van der Waals surface area contributed by atoms with Crippen molar-refractivity contribution in [2.24, 2.45) is 0 Å². The minimum Gasteiger partial charge on any atom is -0.462 e. The molecular weight excluding hydrogens is 268 g/mol. The van der Waals surface area contributed by atoms with E-state index in [0.29, 0.717) is 23.4 Å². The Morgan fingerprint density at radius 2 is 1.71 bits per heavy atom. The van der Waals surface area contributed by atoms with Crippen LogP contribution in [-0.4, -0.2) is 23.5 Å². The zero-order valence-electron chi connectivity index (χ0n) is 11.7. The molecule has 0 aliphatic rings. The number of benzene rings is 1. The van der Waals surface area contributed by atoms with Gasteiger partial charge in [0.25, 0.3) is 5.91 Å². The fourth-order valence-electron chi connectivity index (χ4n) is 1.67. The number of pyridine rings is 1. The maximum atomic E-state index is 11.9. The Hall–Kier alpha value is -2.69. The van der Waals surface area contributed by atoms with Crippen molar-refractivity contribution in [3.05, 3.63) is 59.9 Å². The van der Waals surface area contributed by atoms with Gasteiger partial charge in [0.15, 0.2) is 0 Å². The number of hydrogen-bond donors (Lipinski definition) is 1. The first-order valence-electron chi connectivity index (χ1n) is 6.69. The maximum absolute atomic E-state index is 11.9. The van der Waals surface area contributed by atoms with Crippen molar-refractivity contribution < 1.29 is 14.3 Å². The van der Waals surface area contributed by atoms with Crippen LogP contribution >= 0.6 is 0 Å². The summed E-state index contributed by atoms with van der Waals surface area (Å²) in [5.74, 6) is -0.581. The number of carbonyl (C=O) groups excluding carboxylic acids is 2. The van der Waals surface area contributed by atoms with Gasteiger partial charge >= 0.3 is 5.97 Å². The van der Waals surface area contributed by atoms with Crippen LogP contribution in [0, 0.1) is 0 Å². The van der Waals surface area contributed by atoms with Crippen LogP contribution in [0.15, 0.2) is 48.8 Å². The molecule has 21 heavy (non-hydrogen) atoms. The molecule has 0 atom stereocenters. The van der Waals surface area contributed by atoms with Gasteiger partial charge in [-0.15, -0.1) is 0 Å². The summed E-state index contributed by atoms with van der Waals surface area (Å²) in [5, 5.41) is 2.75. The predicted molar refractivity (Wildman–Crippen MR) is 79.2 cm³/mol. The molecule has 0 radical (unpaired) electrons. The number of esters is 1. The molecule has 1 heterocycles. The lowest BCUT2D eigenvalue weighted by atomic mass is 10.2. The Morgan fingerprint density at radius 3 is 2.33 bits per heavy atom. The second kappa shape index (κ2) is 7.19. The van der Waals surface area contributed by atoms with Gasteiger partial charge in [0.1, 0.15) is 0 Å². The summed E-state index contributed by atoms with van der Waals surface area (Å²) in [6.45, 7) is 2.34. The van der Waals surface area contributed by atoms with E-state index in [4.69, 9.17) is 4.74 Å². The highest BCUT2D eigenvalue weighted by molar-refractivity contribution is 6.04. The number of hydrogen-bond acceptors (Lipinski definition) is 4. The molecule has 0 saturated heterocycles. The average molecular weight is 284 g/mol. The number of amides is 1. The topological polar surface area (TPSA) is 68.3 Å². The normalized spacial score (nSPS) is 9.95. The summed E-state index contributed by atoms with van der Waals surface area (Å²) in [5.41, 5.74) is 1.60. The van der Waals surface area contributed by atoms with Crippen molar-refractivity contribution >= 4 is 17.6 Å². The second-order valence-electron chi connectivity index (χ2n) is 4.40. The number of ether oxygens (including phenoxy) is 1. The molecule has 0 spiro atoms. The van der Waals surface area contributed by atoms with Crippen molar-refractivity contribution in [2.75, 3.05) is 11.9 Å². The summed E-state index contributed by atoms with van der Waals surface area (Å²) in [6, 6.07) is 9.85. The number of aromatic nitrogens is 1. The minimum absolute atomic E-state index is 0.223. The van der Waals surface area contributed by atoms with Gasteiger partial charge in [-0.3, -0.25) is 9.78 Å². The highest BCUT2D eigenvalue weighted by Crippen LogP contribution is 2.12. The Bertz CT molecular complexity index is 609. The maximum Gasteiger partial charge on any atom is 0.338 e. The summed E-state index contributed by atoms with van der Waals surface area (Å²) in [4.78, 5) is 27.4. The van der Waals surface area contributed by atoms with Crippen LogP contribution in [0.4, 0.5) is 5.69 Å². The first kappa shape index (κ1) is 14.7. The fourth-order valence-corrected chi connectivity index (χ4v) is 1.67. The predicted octanol–water partition coefficient (Wildman–Crippen LogP) is 2.90. The molecule has 2 aromatic rings. The van der Waals surface area contributed by atoms with E-state index in [1.54, 1.807) is 48.8 Å². The molecule has 1 aromatic heterocycles. The van der Waals surface area contributed by atoms with Crippen LogP contribution in [0.2, 0.25) is 0 Å². The third-order valence-electron chi connectivity index (χ3n) is 2.76. The van der Waals surface area contributed by atoms with E-state index in [1.807, 2.05) is 6.92 Å².